The van der Waals surface area contributed by atoms with Crippen LogP contribution in [0.4, 0.5) is 0 Å². The number of methoxy groups -OCH3 is 1. The average Bonchev–Trinajstić information content (AvgIpc) is 2.44. The van der Waals surface area contributed by atoms with Crippen molar-refractivity contribution in [1.82, 2.24) is 5.32 Å². The highest BCUT2D eigenvalue weighted by Crippen LogP contribution is 2.23. The molecule has 1 heterocycles. The number of amides is 1. The van der Waals surface area contributed by atoms with Gasteiger partial charge in [-0.25, -0.2) is 4.79 Å². The topological polar surface area (TPSA) is 135 Å². The number of carbonyl (C=O) groups is 2. The first-order chi connectivity index (χ1) is 9.81. The van der Waals surface area contributed by atoms with Gasteiger partial charge in [0, 0.05) is 6.92 Å². The first-order valence-corrected chi connectivity index (χ1v) is 6.44. The van der Waals surface area contributed by atoms with E-state index in [2.05, 4.69) is 10.1 Å². The Hall–Kier alpha value is -1.26. The van der Waals surface area contributed by atoms with Crippen LogP contribution in [0.25, 0.3) is 0 Å². The van der Waals surface area contributed by atoms with Crippen molar-refractivity contribution in [2.45, 2.75) is 50.6 Å². The van der Waals surface area contributed by atoms with Crippen molar-refractivity contribution in [3.63, 3.8) is 0 Å². The van der Waals surface area contributed by atoms with Crippen molar-refractivity contribution < 1.29 is 39.1 Å². The minimum absolute atomic E-state index is 0.475. The van der Waals surface area contributed by atoms with Crippen LogP contribution in [0.5, 0.6) is 0 Å². The maximum Gasteiger partial charge on any atom is 0.334 e. The number of aliphatic hydroxyl groups is 3. The standard InChI is InChI=1S/C12H21NO8/c1-5(11(17)19-3)20-10-8(13-6(2)15)12(18)21-7(4-14)9(10)16/h5,7-10,12,14,16,18H,4H2,1-3H3,(H,13,15)/t5-,7?,8?,9-,10?,12-/m1/s1. The normalized spacial score (nSPS) is 34.1. The molecule has 0 aromatic carbocycles. The van der Waals surface area contributed by atoms with Crippen LogP contribution in [-0.4, -0.2) is 77.7 Å². The Bertz CT molecular complexity index is 376. The van der Waals surface area contributed by atoms with Crippen molar-refractivity contribution in [3.05, 3.63) is 0 Å². The van der Waals surface area contributed by atoms with Gasteiger partial charge >= 0.3 is 5.97 Å². The number of nitrogens with one attached hydrogen (secondary N) is 1. The molecule has 1 saturated heterocycles. The van der Waals surface area contributed by atoms with E-state index in [1.54, 1.807) is 0 Å². The summed E-state index contributed by atoms with van der Waals surface area (Å²) in [6.45, 7) is 2.06. The zero-order valence-electron chi connectivity index (χ0n) is 12.1. The molecule has 1 rings (SSSR count). The van der Waals surface area contributed by atoms with Gasteiger partial charge in [0.1, 0.15) is 24.4 Å². The van der Waals surface area contributed by atoms with Gasteiger partial charge in [0.05, 0.1) is 13.7 Å². The molecule has 1 aliphatic rings. The number of esters is 1. The van der Waals surface area contributed by atoms with E-state index < -0.39 is 55.2 Å². The molecule has 9 heteroatoms. The molecule has 0 aliphatic carbocycles. The van der Waals surface area contributed by atoms with E-state index >= 15 is 0 Å². The van der Waals surface area contributed by atoms with Crippen molar-refractivity contribution >= 4 is 11.9 Å². The fraction of sp³-hybridized carbons (Fsp3) is 0.833. The van der Waals surface area contributed by atoms with E-state index in [1.807, 2.05) is 0 Å². The van der Waals surface area contributed by atoms with E-state index in [0.29, 0.717) is 0 Å². The lowest BCUT2D eigenvalue weighted by atomic mass is 9.96. The Morgan fingerprint density at radius 1 is 1.38 bits per heavy atom. The fourth-order valence-corrected chi connectivity index (χ4v) is 2.09. The molecule has 122 valence electrons. The van der Waals surface area contributed by atoms with Gasteiger partial charge in [-0.2, -0.15) is 0 Å². The van der Waals surface area contributed by atoms with Gasteiger partial charge in [0.15, 0.2) is 12.4 Å². The summed E-state index contributed by atoms with van der Waals surface area (Å²) in [7, 11) is 1.18. The summed E-state index contributed by atoms with van der Waals surface area (Å²) in [6.07, 6.45) is -6.12. The zero-order chi connectivity index (χ0) is 16.2. The van der Waals surface area contributed by atoms with E-state index in [-0.39, 0.29) is 0 Å². The molecule has 0 aromatic heterocycles. The third-order valence-corrected chi connectivity index (χ3v) is 3.14. The van der Waals surface area contributed by atoms with E-state index in [9.17, 15) is 19.8 Å². The van der Waals surface area contributed by atoms with Gasteiger partial charge in [0.2, 0.25) is 5.91 Å². The third kappa shape index (κ3) is 4.35. The number of hydrogen-bond donors (Lipinski definition) is 4. The number of hydrogen-bond acceptors (Lipinski definition) is 8. The number of aliphatic hydroxyl groups excluding tert-OH is 3. The second-order valence-corrected chi connectivity index (χ2v) is 4.73. The molecule has 1 fully saturated rings. The van der Waals surface area contributed by atoms with Gasteiger partial charge in [-0.1, -0.05) is 0 Å². The van der Waals surface area contributed by atoms with Gasteiger partial charge in [-0.3, -0.25) is 4.79 Å². The predicted octanol–water partition coefficient (Wildman–Crippen LogP) is -2.49. The van der Waals surface area contributed by atoms with Crippen molar-refractivity contribution in [1.29, 1.82) is 0 Å². The van der Waals surface area contributed by atoms with Crippen molar-refractivity contribution in [2.24, 2.45) is 0 Å². The van der Waals surface area contributed by atoms with Crippen LogP contribution < -0.4 is 5.32 Å². The lowest BCUT2D eigenvalue weighted by molar-refractivity contribution is -0.267. The highest BCUT2D eigenvalue weighted by molar-refractivity contribution is 5.74. The molecule has 6 atom stereocenters. The Labute approximate surface area is 121 Å². The van der Waals surface area contributed by atoms with E-state index in [1.165, 1.54) is 21.0 Å². The smallest absolute Gasteiger partial charge is 0.334 e. The molecule has 0 spiro atoms. The first-order valence-electron chi connectivity index (χ1n) is 6.44. The molecule has 3 unspecified atom stereocenters. The van der Waals surface area contributed by atoms with Crippen LogP contribution in [0.15, 0.2) is 0 Å². The molecular weight excluding hydrogens is 286 g/mol. The lowest BCUT2D eigenvalue weighted by Crippen LogP contribution is -2.65. The molecule has 1 aliphatic heterocycles. The van der Waals surface area contributed by atoms with Crippen LogP contribution in [0.2, 0.25) is 0 Å². The zero-order valence-corrected chi connectivity index (χ0v) is 12.1. The summed E-state index contributed by atoms with van der Waals surface area (Å²) in [6, 6.07) is -1.09. The van der Waals surface area contributed by atoms with Crippen LogP contribution in [-0.2, 0) is 23.8 Å². The maximum absolute atomic E-state index is 11.4. The summed E-state index contributed by atoms with van der Waals surface area (Å²) in [5.74, 6) is -1.15. The minimum atomic E-state index is -1.50. The lowest BCUT2D eigenvalue weighted by Gasteiger charge is -2.43. The van der Waals surface area contributed by atoms with E-state index in [4.69, 9.17) is 14.6 Å². The summed E-state index contributed by atoms with van der Waals surface area (Å²) < 4.78 is 14.9. The largest absolute Gasteiger partial charge is 0.467 e. The molecule has 1 amide bonds. The SMILES string of the molecule is COC(=O)[C@@H](C)OC1C(NC(C)=O)[C@H](O)OC(CO)[C@H]1O. The van der Waals surface area contributed by atoms with Crippen molar-refractivity contribution in [3.8, 4) is 0 Å². The van der Waals surface area contributed by atoms with Crippen LogP contribution in [0.1, 0.15) is 13.8 Å². The van der Waals surface area contributed by atoms with E-state index in [0.717, 1.165) is 0 Å². The summed E-state index contributed by atoms with van der Waals surface area (Å²) in [4.78, 5) is 22.6. The van der Waals surface area contributed by atoms with Crippen LogP contribution >= 0.6 is 0 Å². The monoisotopic (exact) mass is 307 g/mol. The summed E-state index contributed by atoms with van der Waals surface area (Å²) in [5.41, 5.74) is 0. The van der Waals surface area contributed by atoms with Gasteiger partial charge < -0.3 is 34.8 Å². The number of carbonyl (C=O) groups excluding carboxylic acids is 2. The number of ether oxygens (including phenoxy) is 3. The van der Waals surface area contributed by atoms with Gasteiger partial charge in [-0.15, -0.1) is 0 Å². The quantitative estimate of drug-likeness (QED) is 0.410. The van der Waals surface area contributed by atoms with Crippen LogP contribution in [0, 0.1) is 0 Å². The Morgan fingerprint density at radius 3 is 2.48 bits per heavy atom. The Balaban J connectivity index is 2.92. The predicted molar refractivity (Wildman–Crippen MR) is 67.9 cm³/mol. The maximum atomic E-state index is 11.4. The third-order valence-electron chi connectivity index (χ3n) is 3.14. The minimum Gasteiger partial charge on any atom is -0.467 e. The molecule has 0 saturated carbocycles. The molecular formula is C12H21NO8. The van der Waals surface area contributed by atoms with Crippen LogP contribution in [0.3, 0.4) is 0 Å². The van der Waals surface area contributed by atoms with Gasteiger partial charge in [-0.05, 0) is 6.92 Å². The molecule has 0 radical (unpaired) electrons. The second kappa shape index (κ2) is 7.66. The molecule has 9 nitrogen and oxygen atoms in total. The Morgan fingerprint density at radius 2 is 2.00 bits per heavy atom. The molecule has 21 heavy (non-hydrogen) atoms. The molecule has 0 aromatic rings. The highest BCUT2D eigenvalue weighted by Gasteiger charge is 2.46. The average molecular weight is 307 g/mol. The fourth-order valence-electron chi connectivity index (χ4n) is 2.09. The van der Waals surface area contributed by atoms with Crippen molar-refractivity contribution in [2.75, 3.05) is 13.7 Å². The number of rotatable bonds is 5. The second-order valence-electron chi connectivity index (χ2n) is 4.73. The first kappa shape index (κ1) is 17.8. The summed E-state index contributed by atoms with van der Waals surface area (Å²) >= 11 is 0. The highest BCUT2D eigenvalue weighted by atomic mass is 16.6. The summed E-state index contributed by atoms with van der Waals surface area (Å²) in [5, 5.41) is 31.5. The molecule has 4 N–H and O–H groups in total. The molecule has 0 bridgehead atoms. The Kier molecular flexibility index (Phi) is 6.49. The van der Waals surface area contributed by atoms with Gasteiger partial charge in [0.25, 0.3) is 0 Å².